The fraction of sp³-hybridized carbons (Fsp3) is 0. The van der Waals surface area contributed by atoms with E-state index in [2.05, 4.69) is 4.57 Å². The van der Waals surface area contributed by atoms with Gasteiger partial charge in [-0.3, -0.25) is 0 Å². The van der Waals surface area contributed by atoms with Crippen LogP contribution in [0.15, 0.2) is 18.2 Å². The van der Waals surface area contributed by atoms with Gasteiger partial charge in [-0.15, -0.1) is 0 Å². The Kier molecular flexibility index (Phi) is 3.41. The van der Waals surface area contributed by atoms with Crippen molar-refractivity contribution in [3.05, 3.63) is 29.8 Å². The van der Waals surface area contributed by atoms with E-state index in [0.29, 0.717) is 6.07 Å². The van der Waals surface area contributed by atoms with E-state index in [1.807, 2.05) is 0 Å². The summed E-state index contributed by atoms with van der Waals surface area (Å²) in [4.78, 5) is 0. The van der Waals surface area contributed by atoms with Crippen molar-refractivity contribution >= 4 is 20.3 Å². The Morgan fingerprint density at radius 1 is 1.38 bits per heavy atom. The molecule has 1 aromatic carbocycles. The molecule has 3 nitrogen and oxygen atoms in total. The summed E-state index contributed by atoms with van der Waals surface area (Å²) in [6.45, 7) is 0. The molecular weight excluding hydrogens is 180 g/mol. The molecule has 67 valence electrons. The first kappa shape index (κ1) is 10.2. The largest absolute Gasteiger partial charge is 0.480 e. The average molecular weight is 185 g/mol. The Morgan fingerprint density at radius 3 is 2.62 bits per heavy atom. The first-order valence-corrected chi connectivity index (χ1v) is 3.39. The van der Waals surface area contributed by atoms with Crippen LogP contribution in [0.1, 0.15) is 0 Å². The van der Waals surface area contributed by atoms with Gasteiger partial charge in [0.25, 0.3) is 0 Å². The second-order valence-corrected chi connectivity index (χ2v) is 2.26. The lowest BCUT2D eigenvalue weighted by atomic mass is 9.78. The third-order valence-electron chi connectivity index (χ3n) is 1.42. The van der Waals surface area contributed by atoms with Crippen LogP contribution in [0, 0.1) is 11.6 Å². The maximum atomic E-state index is 12.8. The first-order chi connectivity index (χ1) is 6.15. The van der Waals surface area contributed by atoms with Crippen molar-refractivity contribution in [1.82, 2.24) is 0 Å². The molecule has 7 heteroatoms. The Balaban J connectivity index is 2.88. The van der Waals surface area contributed by atoms with Crippen LogP contribution in [0.3, 0.4) is 0 Å². The van der Waals surface area contributed by atoms with E-state index in [1.54, 1.807) is 0 Å². The van der Waals surface area contributed by atoms with E-state index in [9.17, 15) is 8.78 Å². The van der Waals surface area contributed by atoms with Crippen LogP contribution in [0.2, 0.25) is 0 Å². The minimum absolute atomic E-state index is 0.230. The highest BCUT2D eigenvalue weighted by molar-refractivity contribution is 6.64. The van der Waals surface area contributed by atoms with E-state index in [-0.39, 0.29) is 13.1 Å². The van der Waals surface area contributed by atoms with Gasteiger partial charge in [-0.1, -0.05) is 6.07 Å². The van der Waals surface area contributed by atoms with E-state index in [1.165, 1.54) is 0 Å². The molecule has 0 heterocycles. The van der Waals surface area contributed by atoms with Crippen molar-refractivity contribution in [2.24, 2.45) is 0 Å². The quantitative estimate of drug-likeness (QED) is 0.605. The molecule has 0 amide bonds. The summed E-state index contributed by atoms with van der Waals surface area (Å²) in [6, 6.07) is 2.61. The molecule has 1 aromatic rings. The topological polar surface area (TPSA) is 49.7 Å². The molecule has 0 aromatic heterocycles. The van der Waals surface area contributed by atoms with Gasteiger partial charge in [0.05, 0.1) is 0 Å². The standard InChI is InChI=1S/C6H5B2F2O3/c9-4-1-2-5(6(10)3-4)8(12)13-7-11/h1-3,11-12H. The number of rotatable bonds is 3. The smallest absolute Gasteiger partial charge is 0.449 e. The Labute approximate surface area is 74.4 Å². The highest BCUT2D eigenvalue weighted by Gasteiger charge is 2.20. The van der Waals surface area contributed by atoms with Crippen molar-refractivity contribution in [3.8, 4) is 0 Å². The highest BCUT2D eigenvalue weighted by atomic mass is 19.1. The van der Waals surface area contributed by atoms with E-state index < -0.39 is 18.8 Å². The molecule has 0 bridgehead atoms. The van der Waals surface area contributed by atoms with Gasteiger partial charge < -0.3 is 14.6 Å². The van der Waals surface area contributed by atoms with Crippen molar-refractivity contribution < 1.29 is 23.4 Å². The first-order valence-electron chi connectivity index (χ1n) is 3.39. The molecule has 0 aliphatic carbocycles. The zero-order chi connectivity index (χ0) is 9.84. The predicted octanol–water partition coefficient (Wildman–Crippen LogP) is -0.805. The lowest BCUT2D eigenvalue weighted by Gasteiger charge is -2.05. The van der Waals surface area contributed by atoms with Crippen LogP contribution < -0.4 is 5.46 Å². The molecule has 0 aliphatic rings. The fourth-order valence-electron chi connectivity index (χ4n) is 0.833. The lowest BCUT2D eigenvalue weighted by Crippen LogP contribution is -2.37. The molecule has 13 heavy (non-hydrogen) atoms. The second-order valence-electron chi connectivity index (χ2n) is 2.26. The summed E-state index contributed by atoms with van der Waals surface area (Å²) in [5.74, 6) is -1.68. The normalized spacial score (nSPS) is 9.85. The zero-order valence-electron chi connectivity index (χ0n) is 6.45. The summed E-state index contributed by atoms with van der Waals surface area (Å²) in [5, 5.41) is 17.2. The Hall–Kier alpha value is -0.910. The third-order valence-corrected chi connectivity index (χ3v) is 1.42. The number of hydrogen-bond acceptors (Lipinski definition) is 3. The van der Waals surface area contributed by atoms with Crippen LogP contribution in [0.25, 0.3) is 0 Å². The summed E-state index contributed by atoms with van der Waals surface area (Å²) < 4.78 is 29.4. The number of hydrogen-bond donors (Lipinski definition) is 2. The number of halogens is 2. The molecule has 0 saturated carbocycles. The highest BCUT2D eigenvalue weighted by Crippen LogP contribution is 2.00. The molecule has 1 rings (SSSR count). The van der Waals surface area contributed by atoms with Crippen LogP contribution >= 0.6 is 0 Å². The SMILES string of the molecule is O[B]OB(O)c1ccc(F)cc1F. The minimum Gasteiger partial charge on any atom is -0.449 e. The third kappa shape index (κ3) is 2.51. The molecular formula is C6H5B2F2O3. The van der Waals surface area contributed by atoms with Crippen LogP contribution in [-0.2, 0) is 4.57 Å². The Bertz CT molecular complexity index is 297. The summed E-state index contributed by atoms with van der Waals surface area (Å²) >= 11 is 0. The molecule has 0 atom stereocenters. The van der Waals surface area contributed by atoms with Gasteiger partial charge in [0.15, 0.2) is 0 Å². The second kappa shape index (κ2) is 4.36. The summed E-state index contributed by atoms with van der Waals surface area (Å²) in [5.41, 5.74) is -0.244. The Morgan fingerprint density at radius 2 is 2.08 bits per heavy atom. The molecule has 2 N–H and O–H groups in total. The fourth-order valence-corrected chi connectivity index (χ4v) is 0.833. The molecule has 1 radical (unpaired) electrons. The average Bonchev–Trinajstić information content (AvgIpc) is 2.04. The zero-order valence-corrected chi connectivity index (χ0v) is 6.45. The summed E-state index contributed by atoms with van der Waals surface area (Å²) in [6.07, 6.45) is 0. The van der Waals surface area contributed by atoms with Gasteiger partial charge in [-0.05, 0) is 6.07 Å². The van der Waals surface area contributed by atoms with Crippen molar-refractivity contribution in [2.45, 2.75) is 0 Å². The molecule has 0 spiro atoms. The van der Waals surface area contributed by atoms with Gasteiger partial charge in [0, 0.05) is 11.5 Å². The van der Waals surface area contributed by atoms with E-state index >= 15 is 0 Å². The molecule has 0 unspecified atom stereocenters. The molecule has 0 saturated heterocycles. The maximum Gasteiger partial charge on any atom is 0.480 e. The van der Waals surface area contributed by atoms with E-state index in [4.69, 9.17) is 10.0 Å². The van der Waals surface area contributed by atoms with E-state index in [0.717, 1.165) is 12.1 Å². The monoisotopic (exact) mass is 185 g/mol. The van der Waals surface area contributed by atoms with Gasteiger partial charge in [0.2, 0.25) is 0 Å². The van der Waals surface area contributed by atoms with Gasteiger partial charge in [-0.25, -0.2) is 8.78 Å². The van der Waals surface area contributed by atoms with Crippen LogP contribution in [0.4, 0.5) is 8.78 Å². The van der Waals surface area contributed by atoms with Crippen molar-refractivity contribution in [2.75, 3.05) is 0 Å². The minimum atomic E-state index is -1.63. The van der Waals surface area contributed by atoms with Crippen LogP contribution in [-0.4, -0.2) is 24.9 Å². The predicted molar refractivity (Wildman–Crippen MR) is 43.0 cm³/mol. The van der Waals surface area contributed by atoms with Crippen LogP contribution in [0.5, 0.6) is 0 Å². The summed E-state index contributed by atoms with van der Waals surface area (Å²) in [7, 11) is -1.40. The van der Waals surface area contributed by atoms with Gasteiger partial charge in [-0.2, -0.15) is 0 Å². The van der Waals surface area contributed by atoms with Gasteiger partial charge >= 0.3 is 14.8 Å². The maximum absolute atomic E-state index is 12.8. The van der Waals surface area contributed by atoms with Crippen molar-refractivity contribution in [3.63, 3.8) is 0 Å². The molecule has 0 aliphatic heterocycles. The molecule has 0 fully saturated rings. The lowest BCUT2D eigenvalue weighted by molar-refractivity contribution is 0.391. The van der Waals surface area contributed by atoms with Gasteiger partial charge in [0.1, 0.15) is 11.6 Å². The van der Waals surface area contributed by atoms with Crippen molar-refractivity contribution in [1.29, 1.82) is 0 Å². The number of benzene rings is 1.